The van der Waals surface area contributed by atoms with Gasteiger partial charge in [0.25, 0.3) is 5.91 Å². The molecule has 0 saturated carbocycles. The highest BCUT2D eigenvalue weighted by atomic mass is 35.5. The number of thiophene rings is 1. The quantitative estimate of drug-likeness (QED) is 0.466. The van der Waals surface area contributed by atoms with Gasteiger partial charge in [-0.25, -0.2) is 4.79 Å². The Kier molecular flexibility index (Phi) is 6.74. The number of esters is 1. The number of carbonyl (C=O) groups is 2. The first kappa shape index (κ1) is 21.5. The fraction of sp³-hybridized carbons (Fsp3) is 0.158. The Hall–Kier alpha value is -2.19. The normalized spacial score (nSPS) is 10.7. The van der Waals surface area contributed by atoms with Gasteiger partial charge in [-0.2, -0.15) is 0 Å². The molecule has 1 amide bonds. The highest BCUT2D eigenvalue weighted by molar-refractivity contribution is 7.21. The van der Waals surface area contributed by atoms with Crippen LogP contribution < -0.4 is 14.8 Å². The predicted molar refractivity (Wildman–Crippen MR) is 115 cm³/mol. The molecule has 0 aliphatic rings. The molecule has 1 aromatic heterocycles. The minimum Gasteiger partial charge on any atom is -0.497 e. The van der Waals surface area contributed by atoms with E-state index in [9.17, 15) is 9.59 Å². The van der Waals surface area contributed by atoms with Crippen molar-refractivity contribution in [2.75, 3.05) is 26.1 Å². The molecular formula is C19H14Cl3NO5S. The van der Waals surface area contributed by atoms with Crippen LogP contribution in [0.3, 0.4) is 0 Å². The summed E-state index contributed by atoms with van der Waals surface area (Å²) < 4.78 is 16.1. The minimum atomic E-state index is -0.740. The van der Waals surface area contributed by atoms with Crippen LogP contribution in [0, 0.1) is 0 Å². The molecule has 152 valence electrons. The van der Waals surface area contributed by atoms with Crippen LogP contribution in [0.5, 0.6) is 11.5 Å². The van der Waals surface area contributed by atoms with Crippen LogP contribution in [-0.4, -0.2) is 32.7 Å². The number of nitrogens with one attached hydrogen (secondary N) is 1. The number of amides is 1. The maximum Gasteiger partial charge on any atom is 0.350 e. The Morgan fingerprint density at radius 1 is 1.07 bits per heavy atom. The topological polar surface area (TPSA) is 73.9 Å². The SMILES string of the molecule is COc1ccc(OC)c(NC(=O)COC(=O)c2sc3cc(Cl)cc(Cl)c3c2Cl)c1. The Balaban J connectivity index is 1.71. The summed E-state index contributed by atoms with van der Waals surface area (Å²) in [6, 6.07) is 8.11. The van der Waals surface area contributed by atoms with Gasteiger partial charge in [0, 0.05) is 21.2 Å². The van der Waals surface area contributed by atoms with Crippen molar-refractivity contribution in [3.8, 4) is 11.5 Å². The second-order valence-electron chi connectivity index (χ2n) is 5.70. The minimum absolute atomic E-state index is 0.137. The lowest BCUT2D eigenvalue weighted by Gasteiger charge is -2.11. The van der Waals surface area contributed by atoms with E-state index in [1.165, 1.54) is 20.3 Å². The van der Waals surface area contributed by atoms with Crippen molar-refractivity contribution in [1.82, 2.24) is 0 Å². The molecule has 0 fully saturated rings. The van der Waals surface area contributed by atoms with Gasteiger partial charge >= 0.3 is 5.97 Å². The highest BCUT2D eigenvalue weighted by Gasteiger charge is 2.22. The van der Waals surface area contributed by atoms with Gasteiger partial charge in [0.1, 0.15) is 16.4 Å². The lowest BCUT2D eigenvalue weighted by molar-refractivity contribution is -0.119. The van der Waals surface area contributed by atoms with E-state index in [-0.39, 0.29) is 9.90 Å². The van der Waals surface area contributed by atoms with Gasteiger partial charge in [-0.1, -0.05) is 34.8 Å². The summed E-state index contributed by atoms with van der Waals surface area (Å²) in [6.07, 6.45) is 0. The third kappa shape index (κ3) is 4.70. The monoisotopic (exact) mass is 473 g/mol. The van der Waals surface area contributed by atoms with Gasteiger partial charge < -0.3 is 19.5 Å². The van der Waals surface area contributed by atoms with E-state index >= 15 is 0 Å². The maximum absolute atomic E-state index is 12.4. The van der Waals surface area contributed by atoms with Crippen molar-refractivity contribution in [3.05, 3.63) is 50.3 Å². The zero-order valence-corrected chi connectivity index (χ0v) is 18.3. The number of hydrogen-bond donors (Lipinski definition) is 1. The van der Waals surface area contributed by atoms with Crippen LogP contribution in [-0.2, 0) is 9.53 Å². The molecule has 29 heavy (non-hydrogen) atoms. The summed E-state index contributed by atoms with van der Waals surface area (Å²) in [7, 11) is 2.97. The van der Waals surface area contributed by atoms with Crippen molar-refractivity contribution in [2.45, 2.75) is 0 Å². The predicted octanol–water partition coefficient (Wildman–Crippen LogP) is 5.67. The zero-order valence-electron chi connectivity index (χ0n) is 15.2. The third-order valence-electron chi connectivity index (χ3n) is 3.85. The number of halogens is 3. The van der Waals surface area contributed by atoms with Gasteiger partial charge in [0.05, 0.1) is 30.0 Å². The van der Waals surface area contributed by atoms with Crippen molar-refractivity contribution >= 4 is 73.8 Å². The molecule has 6 nitrogen and oxygen atoms in total. The molecule has 0 atom stereocenters. The van der Waals surface area contributed by atoms with Crippen molar-refractivity contribution in [2.24, 2.45) is 0 Å². The second-order valence-corrected chi connectivity index (χ2v) is 7.97. The van der Waals surface area contributed by atoms with Crippen LogP contribution >= 0.6 is 46.1 Å². The Bertz CT molecular complexity index is 1100. The molecule has 3 rings (SSSR count). The van der Waals surface area contributed by atoms with Gasteiger partial charge in [-0.05, 0) is 24.3 Å². The Labute approximate surface area is 185 Å². The fourth-order valence-corrected chi connectivity index (χ4v) is 4.80. The number of hydrogen-bond acceptors (Lipinski definition) is 6. The number of rotatable bonds is 6. The zero-order chi connectivity index (χ0) is 21.1. The van der Waals surface area contributed by atoms with Gasteiger partial charge in [-0.3, -0.25) is 4.79 Å². The lowest BCUT2D eigenvalue weighted by atomic mass is 10.2. The summed E-state index contributed by atoms with van der Waals surface area (Å²) in [5.41, 5.74) is 0.384. The summed E-state index contributed by atoms with van der Waals surface area (Å²) in [4.78, 5) is 24.8. The van der Waals surface area contributed by atoms with Gasteiger partial charge in [0.2, 0.25) is 0 Å². The van der Waals surface area contributed by atoms with Crippen molar-refractivity contribution in [3.63, 3.8) is 0 Å². The van der Waals surface area contributed by atoms with E-state index in [1.807, 2.05) is 0 Å². The second kappa shape index (κ2) is 9.09. The first-order valence-corrected chi connectivity index (χ1v) is 10.0. The van der Waals surface area contributed by atoms with E-state index in [1.54, 1.807) is 24.3 Å². The van der Waals surface area contributed by atoms with Crippen molar-refractivity contribution in [1.29, 1.82) is 0 Å². The Morgan fingerprint density at radius 2 is 1.83 bits per heavy atom. The number of carbonyl (C=O) groups excluding carboxylic acids is 2. The number of fused-ring (bicyclic) bond motifs is 1. The maximum atomic E-state index is 12.4. The average Bonchev–Trinajstić information content (AvgIpc) is 3.02. The third-order valence-corrected chi connectivity index (χ3v) is 5.97. The molecule has 10 heteroatoms. The van der Waals surface area contributed by atoms with Crippen LogP contribution in [0.2, 0.25) is 15.1 Å². The Morgan fingerprint density at radius 3 is 2.52 bits per heavy atom. The first-order chi connectivity index (χ1) is 13.8. The summed E-state index contributed by atoms with van der Waals surface area (Å²) in [5, 5.41) is 4.04. The molecule has 1 N–H and O–H groups in total. The summed E-state index contributed by atoms with van der Waals surface area (Å²) >= 11 is 19.5. The molecule has 0 spiro atoms. The van der Waals surface area contributed by atoms with E-state index in [2.05, 4.69) is 5.32 Å². The van der Waals surface area contributed by atoms with Crippen LogP contribution in [0.15, 0.2) is 30.3 Å². The van der Waals surface area contributed by atoms with E-state index in [4.69, 9.17) is 49.0 Å². The molecule has 0 bridgehead atoms. The van der Waals surface area contributed by atoms with Crippen molar-refractivity contribution < 1.29 is 23.8 Å². The molecule has 0 aliphatic carbocycles. The average molecular weight is 475 g/mol. The van der Waals surface area contributed by atoms with Gasteiger partial charge in [-0.15, -0.1) is 11.3 Å². The molecule has 2 aromatic carbocycles. The molecule has 0 aliphatic heterocycles. The summed E-state index contributed by atoms with van der Waals surface area (Å²) in [5.74, 6) is -0.324. The van der Waals surface area contributed by atoms with Crippen LogP contribution in [0.1, 0.15) is 9.67 Å². The number of benzene rings is 2. The van der Waals surface area contributed by atoms with E-state index in [0.717, 1.165) is 11.3 Å². The van der Waals surface area contributed by atoms with Gasteiger partial charge in [0.15, 0.2) is 6.61 Å². The number of ether oxygens (including phenoxy) is 3. The lowest BCUT2D eigenvalue weighted by Crippen LogP contribution is -2.21. The van der Waals surface area contributed by atoms with Crippen LogP contribution in [0.4, 0.5) is 5.69 Å². The molecule has 1 heterocycles. The molecule has 0 unspecified atom stereocenters. The number of methoxy groups -OCH3 is 2. The smallest absolute Gasteiger partial charge is 0.350 e. The molecule has 0 radical (unpaired) electrons. The van der Waals surface area contributed by atoms with Crippen LogP contribution in [0.25, 0.3) is 10.1 Å². The molecule has 3 aromatic rings. The largest absolute Gasteiger partial charge is 0.497 e. The molecule has 0 saturated heterocycles. The van der Waals surface area contributed by atoms with E-state index in [0.29, 0.717) is 37.3 Å². The highest BCUT2D eigenvalue weighted by Crippen LogP contribution is 2.41. The van der Waals surface area contributed by atoms with E-state index < -0.39 is 18.5 Å². The standard InChI is InChI=1S/C19H14Cl3NO5S/c1-26-10-3-4-13(27-2)12(7-10)23-15(24)8-28-19(25)18-17(22)16-11(21)5-9(20)6-14(16)29-18/h3-7H,8H2,1-2H3,(H,23,24). The fourth-order valence-electron chi connectivity index (χ4n) is 2.54. The first-order valence-electron chi connectivity index (χ1n) is 8.10. The number of anilines is 1. The summed E-state index contributed by atoms with van der Waals surface area (Å²) in [6.45, 7) is -0.516. The molecular weight excluding hydrogens is 461 g/mol.